The molecule has 256 valence electrons. The highest BCUT2D eigenvalue weighted by atomic mass is 16.5. The topological polar surface area (TPSA) is 142 Å². The smallest absolute Gasteiger partial charge is 0.227 e. The summed E-state index contributed by atoms with van der Waals surface area (Å²) in [5.41, 5.74) is 19.1. The molecule has 3 aliphatic heterocycles. The van der Waals surface area contributed by atoms with Gasteiger partial charge in [0, 0.05) is 41.3 Å². The zero-order chi connectivity index (χ0) is 33.9. The van der Waals surface area contributed by atoms with Crippen LogP contribution in [-0.4, -0.2) is 58.5 Å². The van der Waals surface area contributed by atoms with E-state index in [2.05, 4.69) is 30.6 Å². The molecule has 3 aliphatic carbocycles. The van der Waals surface area contributed by atoms with Gasteiger partial charge in [0.05, 0.1) is 12.2 Å². The summed E-state index contributed by atoms with van der Waals surface area (Å²) in [5.74, 6) is 0.847. The molecule has 0 bridgehead atoms. The molecule has 9 nitrogen and oxygen atoms in total. The Labute approximate surface area is 287 Å². The van der Waals surface area contributed by atoms with Crippen molar-refractivity contribution in [2.75, 3.05) is 13.3 Å². The molecule has 1 fully saturated rings. The molecule has 3 heterocycles. The van der Waals surface area contributed by atoms with Crippen molar-refractivity contribution in [3.63, 3.8) is 0 Å². The molecule has 1 unspecified atom stereocenters. The van der Waals surface area contributed by atoms with E-state index < -0.39 is 12.2 Å². The molecule has 6 aliphatic rings. The van der Waals surface area contributed by atoms with E-state index in [4.69, 9.17) is 20.5 Å². The van der Waals surface area contributed by atoms with Crippen LogP contribution >= 0.6 is 0 Å². The Balaban J connectivity index is 0.968. The molecule has 0 radical (unpaired) electrons. The Bertz CT molecular complexity index is 1860. The summed E-state index contributed by atoms with van der Waals surface area (Å²) in [6.45, 7) is 3.07. The molecule has 8 rings (SSSR count). The van der Waals surface area contributed by atoms with E-state index in [0.717, 1.165) is 54.0 Å². The van der Waals surface area contributed by atoms with Gasteiger partial charge in [-0.2, -0.15) is 0 Å². The maximum Gasteiger partial charge on any atom is 0.227 e. The molecule has 0 spiro atoms. The third kappa shape index (κ3) is 5.51. The van der Waals surface area contributed by atoms with Crippen molar-refractivity contribution in [2.24, 2.45) is 21.6 Å². The minimum atomic E-state index is -0.835. The fraction of sp³-hybridized carbons (Fsp3) is 0.475. The van der Waals surface area contributed by atoms with Crippen molar-refractivity contribution in [2.45, 2.75) is 101 Å². The van der Waals surface area contributed by atoms with Crippen LogP contribution in [0.2, 0.25) is 0 Å². The fourth-order valence-electron chi connectivity index (χ4n) is 9.63. The Morgan fingerprint density at radius 3 is 2.92 bits per heavy atom. The van der Waals surface area contributed by atoms with Crippen molar-refractivity contribution in [1.29, 1.82) is 0 Å². The normalized spacial score (nSPS) is 27.1. The van der Waals surface area contributed by atoms with E-state index in [1.807, 2.05) is 6.92 Å². The van der Waals surface area contributed by atoms with E-state index in [-0.39, 0.29) is 42.4 Å². The van der Waals surface area contributed by atoms with Crippen LogP contribution in [0.15, 0.2) is 75.0 Å². The Kier molecular flexibility index (Phi) is 8.43. The first-order chi connectivity index (χ1) is 23.8. The van der Waals surface area contributed by atoms with Crippen LogP contribution in [0.25, 0.3) is 5.57 Å². The second-order valence-corrected chi connectivity index (χ2v) is 14.8. The third-order valence-electron chi connectivity index (χ3n) is 11.7. The molecule has 0 amide bonds. The Morgan fingerprint density at radius 1 is 1.18 bits per heavy atom. The summed E-state index contributed by atoms with van der Waals surface area (Å²) >= 11 is 0. The van der Waals surface area contributed by atoms with Crippen LogP contribution in [-0.2, 0) is 16.6 Å². The number of allylic oxidation sites excluding steroid dienone is 3. The molecule has 6 N–H and O–H groups in total. The maximum atomic E-state index is 12.5. The average molecular weight is 664 g/mol. The molecule has 6 atom stereocenters. The number of carbonyl (C=O) groups is 1. The van der Waals surface area contributed by atoms with Gasteiger partial charge in [0.15, 0.2) is 11.5 Å². The van der Waals surface area contributed by atoms with Gasteiger partial charge in [-0.3, -0.25) is 19.7 Å². The Morgan fingerprint density at radius 2 is 2.06 bits per heavy atom. The highest BCUT2D eigenvalue weighted by Gasteiger charge is 2.56. The number of ketones is 1. The summed E-state index contributed by atoms with van der Waals surface area (Å²) in [5, 5.41) is 30.8. The minimum Gasteiger partial charge on any atom is -0.504 e. The molecular formula is C40H47N4O5+. The predicted octanol–water partition coefficient (Wildman–Crippen LogP) is 4.36. The molecular weight excluding hydrogens is 616 g/mol. The number of quaternary nitrogens is 1. The standard InChI is InChI=1S/C40H46N4O5/c1-2-5-24(45)17-26(47)18-25(46)11-9-23-10-14-35(48)36(16-23)49-22-44-20-29-32(19-42-34(29)21-44)40-15-4-8-30(40)27-12-13-33-38(27)37-28(39(41)43-33)6-3-7-31(37)40/h3,6-7,10,14,16,19,21,24,26,30,39,45,47-48H,2,4-5,8-9,11-13,15,17-18,20,22,41H2,1H3/p+1/t24-,26+,30+,39+,40-/m0/s1. The number of phenolic OH excluding ortho intramolecular Hbond substituents is 1. The number of aryl methyl sites for hydroxylation is 1. The second kappa shape index (κ2) is 12.8. The number of aromatic hydroxyl groups is 1. The fourth-order valence-corrected chi connectivity index (χ4v) is 9.63. The average Bonchev–Trinajstić information content (AvgIpc) is 3.87. The molecule has 9 heteroatoms. The van der Waals surface area contributed by atoms with Gasteiger partial charge >= 0.3 is 0 Å². The van der Waals surface area contributed by atoms with E-state index in [1.54, 1.807) is 23.8 Å². The number of nitrogens with two attached hydrogens (primary N) is 1. The number of aliphatic imine (C=N–C) groups is 2. The van der Waals surface area contributed by atoms with Crippen LogP contribution in [0.5, 0.6) is 11.5 Å². The monoisotopic (exact) mass is 663 g/mol. The number of nitrogens with zero attached hydrogens (tertiary/aromatic N) is 2. The van der Waals surface area contributed by atoms with Crippen molar-refractivity contribution < 1.29 is 29.8 Å². The molecule has 0 saturated heterocycles. The van der Waals surface area contributed by atoms with Gasteiger partial charge in [-0.15, -0.1) is 0 Å². The number of phenols is 1. The second-order valence-electron chi connectivity index (χ2n) is 14.8. The number of carbonyl (C=O) groups excluding carboxylic acids is 1. The van der Waals surface area contributed by atoms with Crippen molar-refractivity contribution in [1.82, 2.24) is 0 Å². The number of aliphatic hydroxyl groups is 2. The van der Waals surface area contributed by atoms with Gasteiger partial charge in [-0.1, -0.05) is 49.6 Å². The number of Topliss-reactive ketones (excluding diaryl/α,β-unsaturated/α-hetero) is 1. The summed E-state index contributed by atoms with van der Waals surface area (Å²) in [4.78, 5) is 23.5. The zero-order valence-electron chi connectivity index (χ0n) is 28.3. The van der Waals surface area contributed by atoms with E-state index in [1.165, 1.54) is 46.4 Å². The highest BCUT2D eigenvalue weighted by Crippen LogP contribution is 2.63. The van der Waals surface area contributed by atoms with Gasteiger partial charge < -0.3 is 25.8 Å². The maximum absolute atomic E-state index is 12.5. The molecule has 2 aromatic carbocycles. The van der Waals surface area contributed by atoms with Gasteiger partial charge in [0.2, 0.25) is 6.73 Å². The molecule has 49 heavy (non-hydrogen) atoms. The predicted molar refractivity (Wildman–Crippen MR) is 188 cm³/mol. The summed E-state index contributed by atoms with van der Waals surface area (Å²) in [6.07, 6.45) is 10.5. The lowest BCUT2D eigenvalue weighted by molar-refractivity contribution is -0.855. The van der Waals surface area contributed by atoms with Gasteiger partial charge in [0.1, 0.15) is 30.4 Å². The SMILES string of the molecule is CCC[C@H](O)C[C@@H](O)CC(=O)CCc1ccc(O)c(OC[NH+]2C=C3N=CC([C@@]45CCC[C@@H]4C4=C6C(=N[C@@H](N)c7cccc5c76)CC4)=C3C2)c1. The summed E-state index contributed by atoms with van der Waals surface area (Å²) in [6, 6.07) is 11.9. The van der Waals surface area contributed by atoms with Crippen LogP contribution < -0.4 is 15.4 Å². The number of rotatable bonds is 13. The highest BCUT2D eigenvalue weighted by molar-refractivity contribution is 6.29. The van der Waals surface area contributed by atoms with Crippen LogP contribution in [0.1, 0.15) is 99.6 Å². The number of ether oxygens (including phenoxy) is 1. The van der Waals surface area contributed by atoms with Gasteiger partial charge in [0.25, 0.3) is 0 Å². The lowest BCUT2D eigenvalue weighted by Crippen LogP contribution is -3.07. The largest absolute Gasteiger partial charge is 0.504 e. The first-order valence-electron chi connectivity index (χ1n) is 18.1. The number of nitrogens with one attached hydrogen (secondary N) is 1. The van der Waals surface area contributed by atoms with Gasteiger partial charge in [-0.05, 0) is 90.8 Å². The number of benzene rings is 2. The lowest BCUT2D eigenvalue weighted by atomic mass is 9.58. The first-order valence-corrected chi connectivity index (χ1v) is 18.1. The number of hydrogen-bond donors (Lipinski definition) is 5. The Hall–Kier alpha value is -3.89. The van der Waals surface area contributed by atoms with Crippen molar-refractivity contribution >= 4 is 23.3 Å². The van der Waals surface area contributed by atoms with Crippen LogP contribution in [0, 0.1) is 5.92 Å². The van der Waals surface area contributed by atoms with E-state index in [9.17, 15) is 20.1 Å². The third-order valence-corrected chi connectivity index (χ3v) is 11.7. The first kappa shape index (κ1) is 32.3. The van der Waals surface area contributed by atoms with Crippen LogP contribution in [0.4, 0.5) is 0 Å². The van der Waals surface area contributed by atoms with Crippen LogP contribution in [0.3, 0.4) is 0 Å². The molecule has 1 saturated carbocycles. The summed E-state index contributed by atoms with van der Waals surface area (Å²) < 4.78 is 6.20. The molecule has 2 aromatic rings. The number of hydrogen-bond acceptors (Lipinski definition) is 8. The quantitative estimate of drug-likeness (QED) is 0.216. The summed E-state index contributed by atoms with van der Waals surface area (Å²) in [7, 11) is 0. The lowest BCUT2D eigenvalue weighted by Gasteiger charge is -2.45. The number of fused-ring (bicyclic) bond motifs is 4. The molecule has 0 aromatic heterocycles. The zero-order valence-corrected chi connectivity index (χ0v) is 28.3. The van der Waals surface area contributed by atoms with Crippen molar-refractivity contribution in [3.05, 3.63) is 87.3 Å². The van der Waals surface area contributed by atoms with E-state index >= 15 is 0 Å². The van der Waals surface area contributed by atoms with E-state index in [0.29, 0.717) is 31.2 Å². The minimum absolute atomic E-state index is 0.0336. The van der Waals surface area contributed by atoms with Gasteiger partial charge in [-0.25, -0.2) is 0 Å². The van der Waals surface area contributed by atoms with Crippen molar-refractivity contribution in [3.8, 4) is 11.5 Å². The number of aliphatic hydroxyl groups excluding tert-OH is 2.